The highest BCUT2D eigenvalue weighted by molar-refractivity contribution is 5.63. The van der Waals surface area contributed by atoms with Crippen LogP contribution in [0.25, 0.3) is 0 Å². The third kappa shape index (κ3) is 1.64. The molecule has 1 aliphatic heterocycles. The molecule has 2 aliphatic rings. The minimum Gasteiger partial charge on any atom is -0.367 e. The molecule has 13 heavy (non-hydrogen) atoms. The van der Waals surface area contributed by atoms with Crippen LogP contribution >= 0.6 is 0 Å². The van der Waals surface area contributed by atoms with Gasteiger partial charge in [-0.15, -0.1) is 0 Å². The summed E-state index contributed by atoms with van der Waals surface area (Å²) in [6.45, 7) is 3.05. The molecule has 2 nitrogen and oxygen atoms in total. The van der Waals surface area contributed by atoms with Crippen LogP contribution in [0, 0.1) is 5.41 Å². The molecule has 2 heteroatoms. The second-order valence-corrected chi connectivity index (χ2v) is 4.98. The first-order valence-electron chi connectivity index (χ1n) is 5.28. The van der Waals surface area contributed by atoms with Crippen molar-refractivity contribution < 1.29 is 9.53 Å². The molecule has 1 saturated heterocycles. The van der Waals surface area contributed by atoms with Gasteiger partial charge in [-0.05, 0) is 37.5 Å². The van der Waals surface area contributed by atoms with E-state index >= 15 is 0 Å². The molecule has 1 heterocycles. The standard InChI is InChI=1S/C11H18O2/c1-10(4-2-5-10)8-11(9-12)6-3-7-13-11/h9H,2-8H2,1H3. The minimum absolute atomic E-state index is 0.394. The average Bonchev–Trinajstić information content (AvgIpc) is 2.51. The molecular formula is C11H18O2. The van der Waals surface area contributed by atoms with Crippen LogP contribution in [0.5, 0.6) is 0 Å². The van der Waals surface area contributed by atoms with Crippen LogP contribution in [-0.2, 0) is 9.53 Å². The Balaban J connectivity index is 2.00. The summed E-state index contributed by atoms with van der Waals surface area (Å²) in [7, 11) is 0. The molecule has 74 valence electrons. The van der Waals surface area contributed by atoms with Gasteiger partial charge in [0.2, 0.25) is 0 Å². The summed E-state index contributed by atoms with van der Waals surface area (Å²) in [5.41, 5.74) is -0.0135. The summed E-state index contributed by atoms with van der Waals surface area (Å²) in [4.78, 5) is 11.0. The topological polar surface area (TPSA) is 26.3 Å². The molecule has 0 aromatic heterocycles. The fraction of sp³-hybridized carbons (Fsp3) is 0.909. The first-order chi connectivity index (χ1) is 6.18. The van der Waals surface area contributed by atoms with Gasteiger partial charge in [0.25, 0.3) is 0 Å². The summed E-state index contributed by atoms with van der Waals surface area (Å²) in [5.74, 6) is 0. The fourth-order valence-corrected chi connectivity index (χ4v) is 2.67. The summed E-state index contributed by atoms with van der Waals surface area (Å²) in [6, 6.07) is 0. The van der Waals surface area contributed by atoms with Gasteiger partial charge < -0.3 is 9.53 Å². The van der Waals surface area contributed by atoms with Crippen molar-refractivity contribution in [3.63, 3.8) is 0 Å². The summed E-state index contributed by atoms with van der Waals surface area (Å²) in [6.07, 6.45) is 7.84. The Bertz CT molecular complexity index is 200. The number of carbonyl (C=O) groups excluding carboxylic acids is 1. The quantitative estimate of drug-likeness (QED) is 0.626. The van der Waals surface area contributed by atoms with Gasteiger partial charge in [0.15, 0.2) is 6.29 Å². The van der Waals surface area contributed by atoms with Crippen molar-refractivity contribution in [2.75, 3.05) is 6.61 Å². The second kappa shape index (κ2) is 3.09. The maximum atomic E-state index is 11.0. The maximum absolute atomic E-state index is 11.0. The highest BCUT2D eigenvalue weighted by Crippen LogP contribution is 2.48. The molecule has 1 saturated carbocycles. The number of hydrogen-bond acceptors (Lipinski definition) is 2. The number of hydrogen-bond donors (Lipinski definition) is 0. The Labute approximate surface area is 79.7 Å². The molecule has 1 aliphatic carbocycles. The van der Waals surface area contributed by atoms with Crippen LogP contribution in [0.1, 0.15) is 45.4 Å². The van der Waals surface area contributed by atoms with E-state index in [-0.39, 0.29) is 0 Å². The lowest BCUT2D eigenvalue weighted by atomic mass is 9.64. The van der Waals surface area contributed by atoms with E-state index in [0.717, 1.165) is 32.2 Å². The largest absolute Gasteiger partial charge is 0.367 e. The Morgan fingerprint density at radius 1 is 1.31 bits per heavy atom. The number of aldehydes is 1. The smallest absolute Gasteiger partial charge is 0.151 e. The molecule has 0 amide bonds. The van der Waals surface area contributed by atoms with E-state index in [0.29, 0.717) is 5.41 Å². The molecule has 1 atom stereocenters. The zero-order chi connectivity index (χ0) is 9.36. The second-order valence-electron chi connectivity index (χ2n) is 4.98. The van der Waals surface area contributed by atoms with Crippen LogP contribution in [0.3, 0.4) is 0 Å². The fourth-order valence-electron chi connectivity index (χ4n) is 2.67. The predicted octanol–water partition coefficient (Wildman–Crippen LogP) is 2.31. The van der Waals surface area contributed by atoms with Gasteiger partial charge in [0, 0.05) is 6.61 Å². The summed E-state index contributed by atoms with van der Waals surface area (Å²) >= 11 is 0. The molecule has 0 radical (unpaired) electrons. The molecule has 2 fully saturated rings. The highest BCUT2D eigenvalue weighted by Gasteiger charge is 2.44. The predicted molar refractivity (Wildman–Crippen MR) is 50.6 cm³/mol. The lowest BCUT2D eigenvalue weighted by molar-refractivity contribution is -0.131. The minimum atomic E-state index is -0.408. The Kier molecular flexibility index (Phi) is 2.18. The third-order valence-corrected chi connectivity index (χ3v) is 3.64. The summed E-state index contributed by atoms with van der Waals surface area (Å²) in [5, 5.41) is 0. The molecule has 0 aromatic rings. The molecule has 2 rings (SSSR count). The van der Waals surface area contributed by atoms with Crippen LogP contribution in [0.4, 0.5) is 0 Å². The molecule has 0 aromatic carbocycles. The lowest BCUT2D eigenvalue weighted by Gasteiger charge is -2.42. The van der Waals surface area contributed by atoms with Crippen molar-refractivity contribution >= 4 is 6.29 Å². The van der Waals surface area contributed by atoms with Crippen molar-refractivity contribution in [3.8, 4) is 0 Å². The van der Waals surface area contributed by atoms with Crippen LogP contribution in [-0.4, -0.2) is 18.5 Å². The van der Waals surface area contributed by atoms with Gasteiger partial charge in [0.05, 0.1) is 0 Å². The lowest BCUT2D eigenvalue weighted by Crippen LogP contribution is -2.40. The van der Waals surface area contributed by atoms with Crippen molar-refractivity contribution in [2.45, 2.75) is 51.0 Å². The van der Waals surface area contributed by atoms with E-state index < -0.39 is 5.60 Å². The highest BCUT2D eigenvalue weighted by atomic mass is 16.5. The zero-order valence-electron chi connectivity index (χ0n) is 8.34. The van der Waals surface area contributed by atoms with Gasteiger partial charge in [-0.25, -0.2) is 0 Å². The van der Waals surface area contributed by atoms with Crippen molar-refractivity contribution in [1.82, 2.24) is 0 Å². The third-order valence-electron chi connectivity index (χ3n) is 3.64. The van der Waals surface area contributed by atoms with Crippen LogP contribution < -0.4 is 0 Å². The van der Waals surface area contributed by atoms with Gasteiger partial charge >= 0.3 is 0 Å². The first kappa shape index (κ1) is 9.20. The van der Waals surface area contributed by atoms with E-state index in [2.05, 4.69) is 6.92 Å². The first-order valence-corrected chi connectivity index (χ1v) is 5.28. The van der Waals surface area contributed by atoms with E-state index in [1.54, 1.807) is 0 Å². The molecule has 0 spiro atoms. The molecule has 1 unspecified atom stereocenters. The van der Waals surface area contributed by atoms with Crippen LogP contribution in [0.2, 0.25) is 0 Å². The average molecular weight is 182 g/mol. The monoisotopic (exact) mass is 182 g/mol. The Morgan fingerprint density at radius 2 is 2.08 bits per heavy atom. The normalized spacial score (nSPS) is 37.0. The summed E-state index contributed by atoms with van der Waals surface area (Å²) < 4.78 is 5.59. The van der Waals surface area contributed by atoms with Crippen molar-refractivity contribution in [3.05, 3.63) is 0 Å². The van der Waals surface area contributed by atoms with E-state index in [1.165, 1.54) is 19.3 Å². The van der Waals surface area contributed by atoms with Crippen LogP contribution in [0.15, 0.2) is 0 Å². The molecule has 0 N–H and O–H groups in total. The Hall–Kier alpha value is -0.370. The van der Waals surface area contributed by atoms with Gasteiger partial charge in [0.1, 0.15) is 5.60 Å². The number of carbonyl (C=O) groups is 1. The Morgan fingerprint density at radius 3 is 2.46 bits per heavy atom. The molecular weight excluding hydrogens is 164 g/mol. The van der Waals surface area contributed by atoms with E-state index in [1.807, 2.05) is 0 Å². The number of rotatable bonds is 3. The van der Waals surface area contributed by atoms with Crippen molar-refractivity contribution in [2.24, 2.45) is 5.41 Å². The molecule has 0 bridgehead atoms. The van der Waals surface area contributed by atoms with E-state index in [9.17, 15) is 4.79 Å². The van der Waals surface area contributed by atoms with E-state index in [4.69, 9.17) is 4.74 Å². The van der Waals surface area contributed by atoms with Gasteiger partial charge in [-0.3, -0.25) is 0 Å². The van der Waals surface area contributed by atoms with Gasteiger partial charge in [-0.1, -0.05) is 13.3 Å². The maximum Gasteiger partial charge on any atom is 0.151 e. The van der Waals surface area contributed by atoms with Crippen molar-refractivity contribution in [1.29, 1.82) is 0 Å². The SMILES string of the molecule is CC1(CC2(C=O)CCCO2)CCC1. The number of ether oxygens (including phenoxy) is 1. The zero-order valence-corrected chi connectivity index (χ0v) is 8.34. The van der Waals surface area contributed by atoms with Gasteiger partial charge in [-0.2, -0.15) is 0 Å².